The largest absolute Gasteiger partial charge is 0.394 e. The standard InChI is InChI=1S/C10H12NO2/c12-7-10(11-8-13)6-9-4-2-1-3-5-9/h1-5,10,12H,6-7H2,(H,11,13)/t10-/m0/s1. The Morgan fingerprint density at radius 3 is 2.62 bits per heavy atom. The van der Waals surface area contributed by atoms with Crippen molar-refractivity contribution in [3.05, 3.63) is 35.9 Å². The van der Waals surface area contributed by atoms with E-state index < -0.39 is 0 Å². The second-order valence-electron chi connectivity index (χ2n) is 2.82. The molecule has 0 aliphatic rings. The Balaban J connectivity index is 2.51. The SMILES string of the molecule is O=[C]N[C@H](CO)Cc1ccccc1. The number of benzene rings is 1. The molecule has 0 bridgehead atoms. The fraction of sp³-hybridized carbons (Fsp3) is 0.300. The monoisotopic (exact) mass is 178 g/mol. The number of carbonyl (C=O) groups excluding carboxylic acids is 1. The van der Waals surface area contributed by atoms with Crippen LogP contribution in [-0.4, -0.2) is 24.2 Å². The molecule has 2 N–H and O–H groups in total. The molecule has 69 valence electrons. The normalized spacial score (nSPS) is 12.1. The molecule has 1 radical (unpaired) electrons. The highest BCUT2D eigenvalue weighted by molar-refractivity contribution is 5.47. The fourth-order valence-corrected chi connectivity index (χ4v) is 1.14. The zero-order chi connectivity index (χ0) is 9.52. The number of hydrogen-bond donors (Lipinski definition) is 2. The summed E-state index contributed by atoms with van der Waals surface area (Å²) >= 11 is 0. The van der Waals surface area contributed by atoms with Crippen LogP contribution in [0.1, 0.15) is 5.56 Å². The molecule has 1 rings (SSSR count). The topological polar surface area (TPSA) is 49.3 Å². The van der Waals surface area contributed by atoms with Gasteiger partial charge in [0.15, 0.2) is 0 Å². The molecule has 13 heavy (non-hydrogen) atoms. The van der Waals surface area contributed by atoms with E-state index in [4.69, 9.17) is 5.11 Å². The molecule has 1 aromatic carbocycles. The van der Waals surface area contributed by atoms with Crippen molar-refractivity contribution in [2.24, 2.45) is 0 Å². The molecule has 3 heteroatoms. The van der Waals surface area contributed by atoms with Crippen molar-refractivity contribution in [2.45, 2.75) is 12.5 Å². The first-order valence-electron chi connectivity index (χ1n) is 4.14. The minimum Gasteiger partial charge on any atom is -0.394 e. The van der Waals surface area contributed by atoms with E-state index in [1.807, 2.05) is 30.3 Å². The van der Waals surface area contributed by atoms with Crippen LogP contribution in [0.5, 0.6) is 0 Å². The first kappa shape index (κ1) is 9.74. The summed E-state index contributed by atoms with van der Waals surface area (Å²) in [5.41, 5.74) is 1.09. The van der Waals surface area contributed by atoms with Gasteiger partial charge in [0.1, 0.15) is 0 Å². The highest BCUT2D eigenvalue weighted by Crippen LogP contribution is 2.02. The number of amides is 1. The van der Waals surface area contributed by atoms with Gasteiger partial charge in [-0.1, -0.05) is 30.3 Å². The molecular weight excluding hydrogens is 166 g/mol. The van der Waals surface area contributed by atoms with Crippen LogP contribution in [0.3, 0.4) is 0 Å². The molecule has 3 nitrogen and oxygen atoms in total. The van der Waals surface area contributed by atoms with Crippen molar-refractivity contribution in [3.8, 4) is 0 Å². The number of aliphatic hydroxyl groups excluding tert-OH is 1. The van der Waals surface area contributed by atoms with E-state index in [1.54, 1.807) is 6.41 Å². The predicted octanol–water partition coefficient (Wildman–Crippen LogP) is 0.247. The van der Waals surface area contributed by atoms with Gasteiger partial charge in [0.2, 0.25) is 0 Å². The molecule has 1 atom stereocenters. The van der Waals surface area contributed by atoms with Crippen LogP contribution in [0.4, 0.5) is 0 Å². The minimum absolute atomic E-state index is 0.0653. The first-order valence-corrected chi connectivity index (χ1v) is 4.14. The molecule has 0 aromatic heterocycles. The molecule has 0 aliphatic carbocycles. The second kappa shape index (κ2) is 5.32. The lowest BCUT2D eigenvalue weighted by Crippen LogP contribution is -2.33. The molecule has 1 amide bonds. The van der Waals surface area contributed by atoms with Crippen molar-refractivity contribution in [1.29, 1.82) is 0 Å². The van der Waals surface area contributed by atoms with Crippen molar-refractivity contribution < 1.29 is 9.90 Å². The smallest absolute Gasteiger partial charge is 0.309 e. The Labute approximate surface area is 77.4 Å². The molecule has 0 aliphatic heterocycles. The van der Waals surface area contributed by atoms with Crippen molar-refractivity contribution in [1.82, 2.24) is 5.32 Å². The van der Waals surface area contributed by atoms with Gasteiger partial charge in [-0.15, -0.1) is 0 Å². The minimum atomic E-state index is -0.236. The number of rotatable bonds is 5. The van der Waals surface area contributed by atoms with Crippen LogP contribution < -0.4 is 5.32 Å². The average molecular weight is 178 g/mol. The molecule has 1 aromatic rings. The summed E-state index contributed by atoms with van der Waals surface area (Å²) in [7, 11) is 0. The average Bonchev–Trinajstić information content (AvgIpc) is 2.19. The van der Waals surface area contributed by atoms with Crippen LogP contribution in [0.15, 0.2) is 30.3 Å². The van der Waals surface area contributed by atoms with Crippen molar-refractivity contribution in [3.63, 3.8) is 0 Å². The number of hydrogen-bond acceptors (Lipinski definition) is 2. The van der Waals surface area contributed by atoms with Gasteiger partial charge in [-0.2, -0.15) is 0 Å². The second-order valence-corrected chi connectivity index (χ2v) is 2.82. The summed E-state index contributed by atoms with van der Waals surface area (Å²) in [6, 6.07) is 9.45. The van der Waals surface area contributed by atoms with Gasteiger partial charge in [0.25, 0.3) is 0 Å². The maximum Gasteiger partial charge on any atom is 0.309 e. The maximum atomic E-state index is 10.0. The van der Waals surface area contributed by atoms with Crippen LogP contribution in [0, 0.1) is 0 Å². The van der Waals surface area contributed by atoms with Crippen molar-refractivity contribution in [2.75, 3.05) is 6.61 Å². The number of aliphatic hydroxyl groups is 1. The highest BCUT2D eigenvalue weighted by Gasteiger charge is 2.06. The Morgan fingerprint density at radius 2 is 2.08 bits per heavy atom. The summed E-state index contributed by atoms with van der Waals surface area (Å²) in [5.74, 6) is 0. The maximum absolute atomic E-state index is 10.0. The third-order valence-corrected chi connectivity index (χ3v) is 1.81. The summed E-state index contributed by atoms with van der Waals surface area (Å²) < 4.78 is 0. The third-order valence-electron chi connectivity index (χ3n) is 1.81. The van der Waals surface area contributed by atoms with E-state index in [0.717, 1.165) is 5.56 Å². The van der Waals surface area contributed by atoms with Crippen LogP contribution >= 0.6 is 0 Å². The van der Waals surface area contributed by atoms with E-state index in [0.29, 0.717) is 6.42 Å². The van der Waals surface area contributed by atoms with E-state index in [9.17, 15) is 4.79 Å². The van der Waals surface area contributed by atoms with Gasteiger partial charge in [-0.3, -0.25) is 4.79 Å². The Kier molecular flexibility index (Phi) is 3.99. The van der Waals surface area contributed by atoms with Crippen LogP contribution in [-0.2, 0) is 11.2 Å². The van der Waals surface area contributed by atoms with Gasteiger partial charge in [-0.05, 0) is 12.0 Å². The molecule has 0 unspecified atom stereocenters. The lowest BCUT2D eigenvalue weighted by Gasteiger charge is -2.11. The Hall–Kier alpha value is -1.35. The molecule has 0 heterocycles. The summed E-state index contributed by atoms with van der Waals surface area (Å²) in [4.78, 5) is 10.0. The van der Waals surface area contributed by atoms with Gasteiger partial charge in [-0.25, -0.2) is 0 Å². The first-order chi connectivity index (χ1) is 6.36. The third kappa shape index (κ3) is 3.25. The Morgan fingerprint density at radius 1 is 1.38 bits per heavy atom. The quantitative estimate of drug-likeness (QED) is 0.635. The molecular formula is C10H12NO2. The summed E-state index contributed by atoms with van der Waals surface area (Å²) in [6.45, 7) is -0.0653. The molecule has 0 spiro atoms. The van der Waals surface area contributed by atoms with Gasteiger partial charge >= 0.3 is 6.41 Å². The summed E-state index contributed by atoms with van der Waals surface area (Å²) in [5, 5.41) is 11.3. The zero-order valence-corrected chi connectivity index (χ0v) is 7.23. The lowest BCUT2D eigenvalue weighted by atomic mass is 10.1. The van der Waals surface area contributed by atoms with E-state index in [-0.39, 0.29) is 12.6 Å². The lowest BCUT2D eigenvalue weighted by molar-refractivity contribution is 0.253. The van der Waals surface area contributed by atoms with Gasteiger partial charge in [0, 0.05) is 0 Å². The van der Waals surface area contributed by atoms with Crippen molar-refractivity contribution >= 4 is 6.41 Å². The van der Waals surface area contributed by atoms with E-state index >= 15 is 0 Å². The number of nitrogens with one attached hydrogen (secondary N) is 1. The van der Waals surface area contributed by atoms with E-state index in [1.165, 1.54) is 0 Å². The predicted molar refractivity (Wildman–Crippen MR) is 49.8 cm³/mol. The fourth-order valence-electron chi connectivity index (χ4n) is 1.14. The van der Waals surface area contributed by atoms with Crippen LogP contribution in [0.25, 0.3) is 0 Å². The highest BCUT2D eigenvalue weighted by atomic mass is 16.3. The molecule has 0 saturated carbocycles. The van der Waals surface area contributed by atoms with Gasteiger partial charge in [0.05, 0.1) is 12.6 Å². The van der Waals surface area contributed by atoms with Crippen LogP contribution in [0.2, 0.25) is 0 Å². The zero-order valence-electron chi connectivity index (χ0n) is 7.23. The van der Waals surface area contributed by atoms with Gasteiger partial charge < -0.3 is 10.4 Å². The summed E-state index contributed by atoms with van der Waals surface area (Å²) in [6.07, 6.45) is 2.21. The molecule has 0 saturated heterocycles. The molecule has 0 fully saturated rings. The van der Waals surface area contributed by atoms with E-state index in [2.05, 4.69) is 5.32 Å². The Bertz CT molecular complexity index is 248.